The molecule has 0 radical (unpaired) electrons. The normalized spacial score (nSPS) is 13.5. The highest BCUT2D eigenvalue weighted by Crippen LogP contribution is 2.39. The summed E-state index contributed by atoms with van der Waals surface area (Å²) in [6, 6.07) is 8.75. The fourth-order valence-corrected chi connectivity index (χ4v) is 4.30. The van der Waals surface area contributed by atoms with Gasteiger partial charge in [-0.05, 0) is 51.1 Å². The third-order valence-corrected chi connectivity index (χ3v) is 6.04. The van der Waals surface area contributed by atoms with Crippen LogP contribution in [0, 0.1) is 5.92 Å². The molecule has 9 heteroatoms. The van der Waals surface area contributed by atoms with Crippen LogP contribution in [-0.2, 0) is 4.79 Å². The van der Waals surface area contributed by atoms with Gasteiger partial charge in [0.05, 0.1) is 31.2 Å². The summed E-state index contributed by atoms with van der Waals surface area (Å²) in [7, 11) is 0. The first-order valence-electron chi connectivity index (χ1n) is 12.5. The summed E-state index contributed by atoms with van der Waals surface area (Å²) in [5.74, 6) is 1.19. The van der Waals surface area contributed by atoms with Gasteiger partial charge >= 0.3 is 0 Å². The molecule has 1 aliphatic rings. The molecule has 0 spiro atoms. The Bertz CT molecular complexity index is 1040. The maximum absolute atomic E-state index is 13.4. The van der Waals surface area contributed by atoms with E-state index in [1.54, 1.807) is 24.3 Å². The van der Waals surface area contributed by atoms with Crippen molar-refractivity contribution in [3.05, 3.63) is 40.9 Å². The van der Waals surface area contributed by atoms with Gasteiger partial charge in [0.2, 0.25) is 11.7 Å². The number of rotatable bonds is 10. The van der Waals surface area contributed by atoms with Crippen LogP contribution in [0.25, 0.3) is 0 Å². The molecule has 1 saturated heterocycles. The van der Waals surface area contributed by atoms with Crippen molar-refractivity contribution in [3.63, 3.8) is 0 Å². The zero-order valence-corrected chi connectivity index (χ0v) is 22.5. The number of nitrogens with zero attached hydrogens (tertiary/aromatic N) is 2. The summed E-state index contributed by atoms with van der Waals surface area (Å²) in [5.41, 5.74) is 1.83. The van der Waals surface area contributed by atoms with Crippen LogP contribution in [0.3, 0.4) is 0 Å². The molecule has 36 heavy (non-hydrogen) atoms. The van der Waals surface area contributed by atoms with Crippen LogP contribution >= 0.6 is 11.6 Å². The van der Waals surface area contributed by atoms with Gasteiger partial charge in [-0.3, -0.25) is 9.59 Å². The summed E-state index contributed by atoms with van der Waals surface area (Å²) in [4.78, 5) is 29.8. The molecule has 0 bridgehead atoms. The minimum atomic E-state index is -0.322. The number of nitrogens with one attached hydrogen (secondary N) is 1. The summed E-state index contributed by atoms with van der Waals surface area (Å²) in [6.07, 6.45) is 0. The van der Waals surface area contributed by atoms with Gasteiger partial charge in [0.25, 0.3) is 5.91 Å². The molecule has 3 rings (SSSR count). The number of piperazine rings is 1. The van der Waals surface area contributed by atoms with E-state index in [1.165, 1.54) is 0 Å². The molecular weight excluding hydrogens is 482 g/mol. The zero-order chi connectivity index (χ0) is 26.2. The Morgan fingerprint density at radius 3 is 2.03 bits per heavy atom. The largest absolute Gasteiger partial charge is 0.490 e. The summed E-state index contributed by atoms with van der Waals surface area (Å²) >= 11 is 6.29. The third kappa shape index (κ3) is 6.55. The predicted molar refractivity (Wildman–Crippen MR) is 143 cm³/mol. The Morgan fingerprint density at radius 1 is 0.917 bits per heavy atom. The Labute approximate surface area is 218 Å². The smallest absolute Gasteiger partial charge is 0.255 e. The van der Waals surface area contributed by atoms with Crippen molar-refractivity contribution in [2.45, 2.75) is 34.6 Å². The number of anilines is 2. The lowest BCUT2D eigenvalue weighted by Crippen LogP contribution is -2.50. The van der Waals surface area contributed by atoms with Crippen molar-refractivity contribution in [2.75, 3.05) is 56.2 Å². The van der Waals surface area contributed by atoms with Crippen molar-refractivity contribution in [2.24, 2.45) is 5.92 Å². The van der Waals surface area contributed by atoms with Crippen molar-refractivity contribution < 1.29 is 23.8 Å². The van der Waals surface area contributed by atoms with Gasteiger partial charge in [-0.2, -0.15) is 0 Å². The fourth-order valence-electron chi connectivity index (χ4n) is 4.13. The maximum atomic E-state index is 13.4. The lowest BCUT2D eigenvalue weighted by molar-refractivity contribution is -0.134. The lowest BCUT2D eigenvalue weighted by Gasteiger charge is -2.37. The average Bonchev–Trinajstić information content (AvgIpc) is 2.86. The number of hydrogen-bond acceptors (Lipinski definition) is 6. The predicted octanol–water partition coefficient (Wildman–Crippen LogP) is 5.09. The van der Waals surface area contributed by atoms with Gasteiger partial charge in [-0.25, -0.2) is 0 Å². The zero-order valence-electron chi connectivity index (χ0n) is 21.7. The van der Waals surface area contributed by atoms with Crippen LogP contribution in [0.5, 0.6) is 17.2 Å². The van der Waals surface area contributed by atoms with E-state index in [-0.39, 0.29) is 17.7 Å². The first-order valence-corrected chi connectivity index (χ1v) is 12.9. The summed E-state index contributed by atoms with van der Waals surface area (Å²) in [6.45, 7) is 13.3. The molecule has 2 aromatic rings. The van der Waals surface area contributed by atoms with E-state index in [0.29, 0.717) is 79.5 Å². The number of hydrogen-bond donors (Lipinski definition) is 1. The average molecular weight is 518 g/mol. The molecule has 1 aliphatic heterocycles. The molecule has 0 aliphatic carbocycles. The molecule has 2 aromatic carbocycles. The quantitative estimate of drug-likeness (QED) is 0.472. The molecule has 1 heterocycles. The minimum absolute atomic E-state index is 0.0285. The molecule has 0 saturated carbocycles. The van der Waals surface area contributed by atoms with E-state index in [4.69, 9.17) is 25.8 Å². The van der Waals surface area contributed by atoms with Crippen molar-refractivity contribution >= 4 is 34.8 Å². The van der Waals surface area contributed by atoms with Crippen LogP contribution in [0.2, 0.25) is 5.02 Å². The number of ether oxygens (including phenoxy) is 3. The Morgan fingerprint density at radius 2 is 1.50 bits per heavy atom. The lowest BCUT2D eigenvalue weighted by atomic mass is 10.1. The highest BCUT2D eigenvalue weighted by Gasteiger charge is 2.25. The van der Waals surface area contributed by atoms with Crippen molar-refractivity contribution in [1.82, 2.24) is 4.90 Å². The standard InChI is InChI=1S/C27H36ClN3O5/c1-6-34-23-15-19(16-24(35-7-2)25(23)36-8-3)26(32)29-21-17-20(28)9-10-22(21)30-11-13-31(14-12-30)27(33)18(4)5/h9-10,15-18H,6-8,11-14H2,1-5H3,(H,29,32). The van der Waals surface area contributed by atoms with E-state index in [9.17, 15) is 9.59 Å². The molecule has 0 atom stereocenters. The van der Waals surface area contributed by atoms with E-state index >= 15 is 0 Å². The van der Waals surface area contributed by atoms with Crippen LogP contribution in [0.1, 0.15) is 45.0 Å². The van der Waals surface area contributed by atoms with E-state index in [1.807, 2.05) is 45.6 Å². The fraction of sp³-hybridized carbons (Fsp3) is 0.481. The van der Waals surface area contributed by atoms with Gasteiger partial charge in [-0.15, -0.1) is 0 Å². The molecule has 8 nitrogen and oxygen atoms in total. The van der Waals surface area contributed by atoms with Gasteiger partial charge in [-0.1, -0.05) is 25.4 Å². The van der Waals surface area contributed by atoms with Crippen molar-refractivity contribution in [3.8, 4) is 17.2 Å². The van der Waals surface area contributed by atoms with E-state index in [2.05, 4.69) is 10.2 Å². The van der Waals surface area contributed by atoms with E-state index < -0.39 is 0 Å². The number of carbonyl (C=O) groups excluding carboxylic acids is 2. The first kappa shape index (κ1) is 27.5. The molecule has 0 aromatic heterocycles. The summed E-state index contributed by atoms with van der Waals surface area (Å²) < 4.78 is 17.3. The van der Waals surface area contributed by atoms with E-state index in [0.717, 1.165) is 5.69 Å². The second-order valence-corrected chi connectivity index (χ2v) is 9.12. The van der Waals surface area contributed by atoms with Gasteiger partial charge in [0.1, 0.15) is 0 Å². The second kappa shape index (κ2) is 12.7. The van der Waals surface area contributed by atoms with Gasteiger partial charge in [0, 0.05) is 42.7 Å². The maximum Gasteiger partial charge on any atom is 0.255 e. The third-order valence-electron chi connectivity index (χ3n) is 5.80. The SMILES string of the molecule is CCOc1cc(C(=O)Nc2cc(Cl)ccc2N2CCN(C(=O)C(C)C)CC2)cc(OCC)c1OCC. The minimum Gasteiger partial charge on any atom is -0.490 e. The molecule has 1 N–H and O–H groups in total. The topological polar surface area (TPSA) is 80.3 Å². The Kier molecular flexibility index (Phi) is 9.70. The molecule has 1 fully saturated rings. The Hall–Kier alpha value is -3.13. The van der Waals surface area contributed by atoms with Crippen LogP contribution in [0.15, 0.2) is 30.3 Å². The highest BCUT2D eigenvalue weighted by atomic mass is 35.5. The molecule has 196 valence electrons. The van der Waals surface area contributed by atoms with Gasteiger partial charge in [0.15, 0.2) is 11.5 Å². The van der Waals surface area contributed by atoms with Gasteiger partial charge < -0.3 is 29.3 Å². The monoisotopic (exact) mass is 517 g/mol. The second-order valence-electron chi connectivity index (χ2n) is 8.68. The van der Waals surface area contributed by atoms with Crippen LogP contribution < -0.4 is 24.4 Å². The molecule has 0 unspecified atom stereocenters. The number of amides is 2. The Balaban J connectivity index is 1.86. The molecule has 2 amide bonds. The first-order chi connectivity index (χ1) is 17.3. The molecular formula is C27H36ClN3O5. The van der Waals surface area contributed by atoms with Crippen molar-refractivity contribution in [1.29, 1.82) is 0 Å². The summed E-state index contributed by atoms with van der Waals surface area (Å²) in [5, 5.41) is 3.52. The number of halogens is 1. The van der Waals surface area contributed by atoms with Crippen LogP contribution in [-0.4, -0.2) is 62.7 Å². The van der Waals surface area contributed by atoms with Crippen LogP contribution in [0.4, 0.5) is 11.4 Å². The number of carbonyl (C=O) groups is 2. The number of benzene rings is 2. The highest BCUT2D eigenvalue weighted by molar-refractivity contribution is 6.31.